The molecule has 0 spiro atoms. The fraction of sp³-hybridized carbons (Fsp3) is 0.667. The van der Waals surface area contributed by atoms with Crippen molar-refractivity contribution in [3.63, 3.8) is 0 Å². The minimum Gasteiger partial charge on any atom is -0.465 e. The van der Waals surface area contributed by atoms with Crippen LogP contribution in [0.15, 0.2) is 30.3 Å². The van der Waals surface area contributed by atoms with Crippen molar-refractivity contribution in [2.24, 2.45) is 5.41 Å². The molecule has 4 atom stereocenters. The number of benzene rings is 1. The van der Waals surface area contributed by atoms with E-state index < -0.39 is 377 Å². The van der Waals surface area contributed by atoms with Gasteiger partial charge in [0.1, 0.15) is 0 Å². The van der Waals surface area contributed by atoms with Gasteiger partial charge in [-0.1, -0.05) is 37.3 Å². The monoisotopic (exact) mass is 2180 g/mol. The van der Waals surface area contributed by atoms with Crippen LogP contribution in [0.5, 0.6) is 0 Å². The van der Waals surface area contributed by atoms with E-state index in [1.54, 1.807) is 20.8 Å². The molecule has 0 aromatic heterocycles. The Bertz CT molecular complexity index is 2540. The molecule has 43 nitrogen and oxygen atoms in total. The van der Waals surface area contributed by atoms with Crippen molar-refractivity contribution in [1.29, 1.82) is 0 Å². The average molecular weight is 2190 g/mol. The number of ether oxygens (including phenoxy) is 1. The molecule has 0 saturated carbocycles. The molecular weight excluding hydrogens is 2120 g/mol. The van der Waals surface area contributed by atoms with Crippen LogP contribution in [0.2, 0.25) is 45.3 Å². The maximum absolute atomic E-state index is 14.1. The highest BCUT2D eigenvalue weighted by molar-refractivity contribution is 8.24. The topological polar surface area (TPSA) is 691 Å². The van der Waals surface area contributed by atoms with Crippen LogP contribution in [0, 0.1) is 5.41 Å². The molecule has 106 heavy (non-hydrogen) atoms. The van der Waals surface area contributed by atoms with Crippen LogP contribution in [0.3, 0.4) is 0 Å². The van der Waals surface area contributed by atoms with E-state index in [-0.39, 0.29) is 24.3 Å². The molecule has 0 aliphatic heterocycles. The van der Waals surface area contributed by atoms with Crippen molar-refractivity contribution in [2.75, 3.05) is 6.61 Å². The Kier molecular flexibility index (Phi) is 52.0. The van der Waals surface area contributed by atoms with Crippen LogP contribution in [0.25, 0.3) is 0 Å². The van der Waals surface area contributed by atoms with Crippen LogP contribution in [0.1, 0.15) is 33.6 Å². The molecule has 0 fully saturated rings. The fourth-order valence-electron chi connectivity index (χ4n) is 9.78. The summed E-state index contributed by atoms with van der Waals surface area (Å²) < 4.78 is 110. The molecule has 0 heterocycles. The lowest BCUT2D eigenvalue weighted by atomic mass is 9.91. The summed E-state index contributed by atoms with van der Waals surface area (Å²) in [7, 11) is -108. The van der Waals surface area contributed by atoms with E-state index in [2.05, 4.69) is 0 Å². The number of hydrogen-bond acceptors (Lipinski definition) is 43. The second-order valence-corrected chi connectivity index (χ2v) is 195. The molecule has 51 radical (unpaired) electrons. The summed E-state index contributed by atoms with van der Waals surface area (Å²) in [4.78, 5) is 340. The molecule has 0 aliphatic rings. The first-order valence-corrected chi connectivity index (χ1v) is 111. The van der Waals surface area contributed by atoms with E-state index in [1.165, 1.54) is 56.5 Å². The summed E-state index contributed by atoms with van der Waals surface area (Å²) in [6.07, 6.45) is 0.261. The lowest BCUT2D eigenvalue weighted by molar-refractivity contribution is -0.154. The maximum atomic E-state index is 14.1. The first-order chi connectivity index (χ1) is 49.9. The van der Waals surface area contributed by atoms with E-state index in [0.29, 0.717) is 6.42 Å². The lowest BCUT2D eigenvalue weighted by Gasteiger charge is -2.70. The average Bonchev–Trinajstić information content (AvgIpc) is 0.638. The van der Waals surface area contributed by atoms with E-state index >= 15 is 0 Å². The predicted octanol–water partition coefficient (Wildman–Crippen LogP) is -25.1. The summed E-state index contributed by atoms with van der Waals surface area (Å²) in [5.74, 6) is -0.627. The number of hydrogen-bond donors (Lipinski definition) is 26. The number of carbonyl (C=O) groups is 1. The molecule has 4 unspecified atom stereocenters. The van der Waals surface area contributed by atoms with Crippen molar-refractivity contribution in [2.45, 2.75) is 78.9 Å². The Morgan fingerprint density at radius 3 is 1.09 bits per heavy atom. The standard InChI is InChI=1S/C21H67O43Si42/c1-10-21(2,3)20(22)49-17-14-18-92(7,8)59-91(6)60-97(105(101(82-40,83-41)54-69-27,102(84-42,85-43)55-70-28)62-94(73-31,74-32)50-65-23,64-98(99(78-36,79-37)52-67-25,100(80-38,81-39)53-68-26)61-95(75-33,76-34)58-90(4)5)106(103(86-44,87-45)56-71-29,104(88-46,89-47)57-72-30)63-96(77-35,51-66-24)93(9,48)19-15-12-11-13-16-19/h11-13,15-16,23-48,91H,10,14,17-18H2,1-9H3. The second kappa shape index (κ2) is 50.1. The summed E-state index contributed by atoms with van der Waals surface area (Å²) in [6, 6.07) is 6.37. The third-order valence-electron chi connectivity index (χ3n) is 14.9. The third-order valence-corrected chi connectivity index (χ3v) is 322. The molecule has 577 valence electrons. The van der Waals surface area contributed by atoms with Gasteiger partial charge in [0.15, 0.2) is 17.4 Å². The fourth-order valence-corrected chi connectivity index (χ4v) is 525. The summed E-state index contributed by atoms with van der Waals surface area (Å²) in [6.45, 7) is -42.7. The largest absolute Gasteiger partial charge is 0.465 e. The number of rotatable bonds is 63. The second-order valence-electron chi connectivity index (χ2n) is 21.9. The van der Waals surface area contributed by atoms with Crippen molar-refractivity contribution in [1.82, 2.24) is 0 Å². The summed E-state index contributed by atoms with van der Waals surface area (Å²) in [5.41, 5.74) is -0.997. The molecule has 85 heteroatoms. The molecule has 1 rings (SSSR count). The highest BCUT2D eigenvalue weighted by atomic mass is 30.5. The third kappa shape index (κ3) is 22.8. The van der Waals surface area contributed by atoms with Gasteiger partial charge in [-0.3, -0.25) is 4.79 Å². The zero-order valence-corrected chi connectivity index (χ0v) is 98.0. The summed E-state index contributed by atoms with van der Waals surface area (Å²) in [5, 5.41) is -0.287. The van der Waals surface area contributed by atoms with Crippen LogP contribution in [-0.4, -0.2) is 503 Å². The van der Waals surface area contributed by atoms with Gasteiger partial charge in [0.05, 0.1) is 12.0 Å². The van der Waals surface area contributed by atoms with Gasteiger partial charge in [0, 0.05) is 0 Å². The smallest absolute Gasteiger partial charge is 0.420 e. The van der Waals surface area contributed by atoms with E-state index in [0.717, 1.165) is 13.1 Å². The zero-order valence-electron chi connectivity index (χ0n) is 55.9. The van der Waals surface area contributed by atoms with Gasteiger partial charge in [0.25, 0.3) is 91.0 Å². The lowest BCUT2D eigenvalue weighted by Crippen LogP contribution is -3.14. The van der Waals surface area contributed by atoms with Crippen LogP contribution in [0.4, 0.5) is 0 Å². The van der Waals surface area contributed by atoms with Crippen molar-refractivity contribution in [3.05, 3.63) is 30.3 Å². The summed E-state index contributed by atoms with van der Waals surface area (Å²) >= 11 is 0. The van der Waals surface area contributed by atoms with Crippen molar-refractivity contribution in [3.8, 4) is 0 Å². The molecule has 0 aliphatic carbocycles. The first kappa shape index (κ1) is 110. The molecule has 1 aromatic rings. The minimum absolute atomic E-state index is 0.0712. The molecule has 26 N–H and O–H groups in total. The minimum atomic E-state index is -8.36. The highest BCUT2D eigenvalue weighted by Crippen LogP contribution is 2.54. The first-order valence-electron chi connectivity index (χ1n) is 28.1. The Balaban J connectivity index is 7.34. The Morgan fingerprint density at radius 2 is 0.783 bits per heavy atom. The van der Waals surface area contributed by atoms with Crippen LogP contribution in [-0.2, 0) is 71.3 Å². The predicted molar refractivity (Wildman–Crippen MR) is 423 cm³/mol. The van der Waals surface area contributed by atoms with Gasteiger partial charge in [-0.2, -0.15) is 0 Å². The van der Waals surface area contributed by atoms with Crippen molar-refractivity contribution >= 4 is 376 Å². The molecule has 0 saturated heterocycles. The molecule has 1 aromatic carbocycles. The van der Waals surface area contributed by atoms with Gasteiger partial charge in [-0.25, -0.2) is 0 Å². The van der Waals surface area contributed by atoms with Gasteiger partial charge >= 0.3 is 124 Å². The van der Waals surface area contributed by atoms with Gasteiger partial charge in [0.2, 0.25) is 139 Å². The van der Waals surface area contributed by atoms with Gasteiger partial charge < -0.3 is 191 Å². The number of esters is 1. The Labute approximate surface area is 686 Å². The molecular formula is C21H67O43Si42. The highest BCUT2D eigenvalue weighted by Gasteiger charge is 3.01. The van der Waals surface area contributed by atoms with Crippen LogP contribution >= 0.6 is 0 Å². The molecule has 0 bridgehead atoms. The Morgan fingerprint density at radius 1 is 0.434 bits per heavy atom. The van der Waals surface area contributed by atoms with E-state index in [1.807, 2.05) is 0 Å². The van der Waals surface area contributed by atoms with E-state index in [9.17, 15) is 129 Å². The quantitative estimate of drug-likeness (QED) is 0.0164. The molecule has 0 amide bonds. The van der Waals surface area contributed by atoms with Gasteiger partial charge in [-0.15, -0.1) is 0 Å². The zero-order chi connectivity index (χ0) is 81.7. The maximum Gasteiger partial charge on any atom is 0.420 e. The van der Waals surface area contributed by atoms with E-state index in [4.69, 9.17) is 66.5 Å². The van der Waals surface area contributed by atoms with Gasteiger partial charge in [-0.05, 0) is 77.2 Å². The Hall–Kier alpha value is 6.16. The normalized spacial score (nSPS) is 16.2. The van der Waals surface area contributed by atoms with Crippen LogP contribution < -0.4 is 5.19 Å². The number of carbonyl (C=O) groups excluding carboxylic acids is 1. The SMILES string of the molecule is CCC(C)(C)C(=O)OCCC[Si](C)(C)O[SiH](C)O[Si](O[Si](O[Si](O[Si](C)C)([Si]O)[Si]O)([Si](O[Si]O)([Si]O)[Si]O)[Si](O[Si]O)([Si]O)[Si]O)([Si](O[Si](O[Si]O)([Si]O)[Si]O)([Si](O[Si]O)([Si]O)[Si]O)[Si](O[Si]O)([Si]O)[Si]O)[Si](O[Si](O[Si]O)([Si]O)[Si](C)(O)c1ccccc1)([Si](O[Si]O)([Si]O)[Si]O)[Si](O[Si]O)([Si]O)[Si]O. The van der Waals surface area contributed by atoms with Crippen molar-refractivity contribution < 1.29 is 196 Å².